The molecule has 2 aromatic carbocycles. The Kier molecular flexibility index (Phi) is 4.10. The molecular weight excluding hydrogens is 268 g/mol. The number of hydrogen-bond donors (Lipinski definition) is 0. The van der Waals surface area contributed by atoms with Crippen LogP contribution in [0.4, 0.5) is 0 Å². The number of imidazole rings is 1. The fourth-order valence-electron chi connectivity index (χ4n) is 3.01. The molecule has 112 valence electrons. The van der Waals surface area contributed by atoms with E-state index in [-0.39, 0.29) is 0 Å². The summed E-state index contributed by atoms with van der Waals surface area (Å²) in [5.41, 5.74) is 6.67. The van der Waals surface area contributed by atoms with Gasteiger partial charge in [-0.15, -0.1) is 0 Å². The average molecular weight is 290 g/mol. The molecule has 22 heavy (non-hydrogen) atoms. The third-order valence-corrected chi connectivity index (χ3v) is 4.50. The summed E-state index contributed by atoms with van der Waals surface area (Å²) >= 11 is 0. The molecule has 0 aliphatic heterocycles. The summed E-state index contributed by atoms with van der Waals surface area (Å²) in [5, 5.41) is 0. The molecule has 1 aromatic heterocycles. The van der Waals surface area contributed by atoms with Crippen LogP contribution in [-0.2, 0) is 6.54 Å². The third kappa shape index (κ3) is 2.82. The van der Waals surface area contributed by atoms with Crippen LogP contribution in [0.25, 0.3) is 0 Å². The Bertz CT molecular complexity index is 756. The van der Waals surface area contributed by atoms with E-state index in [1.807, 2.05) is 12.5 Å². The summed E-state index contributed by atoms with van der Waals surface area (Å²) in [6.07, 6.45) is 3.93. The first-order valence-electron chi connectivity index (χ1n) is 7.77. The van der Waals surface area contributed by atoms with E-state index in [1.54, 1.807) is 0 Å². The van der Waals surface area contributed by atoms with Gasteiger partial charge < -0.3 is 4.57 Å². The number of benzene rings is 2. The van der Waals surface area contributed by atoms with Crippen molar-refractivity contribution >= 4 is 0 Å². The lowest BCUT2D eigenvalue weighted by Crippen LogP contribution is -2.08. The van der Waals surface area contributed by atoms with E-state index in [4.69, 9.17) is 0 Å². The fraction of sp³-hybridized carbons (Fsp3) is 0.250. The molecule has 1 heterocycles. The van der Waals surface area contributed by atoms with Gasteiger partial charge in [0.25, 0.3) is 0 Å². The van der Waals surface area contributed by atoms with Gasteiger partial charge in [0, 0.05) is 24.4 Å². The molecule has 1 atom stereocenters. The van der Waals surface area contributed by atoms with Crippen molar-refractivity contribution in [3.63, 3.8) is 0 Å². The smallest absolute Gasteiger partial charge is 0.0951 e. The second-order valence-electron chi connectivity index (χ2n) is 5.94. The molecule has 0 amide bonds. The van der Waals surface area contributed by atoms with Gasteiger partial charge in [-0.25, -0.2) is 4.98 Å². The standard InChI is InChI=1S/C20H22N2/c1-15-8-7-11-19(16(15)2)17(3)20-12-21-14-22(20)13-18-9-5-4-6-10-18/h4-12,14,17H,13H2,1-3H3. The SMILES string of the molecule is Cc1cccc(C(C)c2cncn2Cc2ccccc2)c1C. The third-order valence-electron chi connectivity index (χ3n) is 4.50. The van der Waals surface area contributed by atoms with Crippen LogP contribution in [-0.4, -0.2) is 9.55 Å². The average Bonchev–Trinajstić information content (AvgIpc) is 2.98. The minimum absolute atomic E-state index is 0.339. The van der Waals surface area contributed by atoms with E-state index in [0.29, 0.717) is 5.92 Å². The molecule has 0 saturated carbocycles. The fourth-order valence-corrected chi connectivity index (χ4v) is 3.01. The van der Waals surface area contributed by atoms with Gasteiger partial charge in [-0.05, 0) is 36.1 Å². The van der Waals surface area contributed by atoms with Crippen molar-refractivity contribution in [2.45, 2.75) is 33.2 Å². The topological polar surface area (TPSA) is 17.8 Å². The summed E-state index contributed by atoms with van der Waals surface area (Å²) < 4.78 is 2.25. The molecule has 0 aliphatic rings. The molecule has 0 spiro atoms. The van der Waals surface area contributed by atoms with Gasteiger partial charge in [-0.3, -0.25) is 0 Å². The summed E-state index contributed by atoms with van der Waals surface area (Å²) in [7, 11) is 0. The van der Waals surface area contributed by atoms with Crippen molar-refractivity contribution < 1.29 is 0 Å². The second kappa shape index (κ2) is 6.18. The molecule has 0 N–H and O–H groups in total. The Hall–Kier alpha value is -2.35. The maximum atomic E-state index is 4.38. The highest BCUT2D eigenvalue weighted by Crippen LogP contribution is 2.28. The second-order valence-corrected chi connectivity index (χ2v) is 5.94. The Labute approximate surface area is 132 Å². The molecule has 1 unspecified atom stereocenters. The molecule has 2 nitrogen and oxygen atoms in total. The quantitative estimate of drug-likeness (QED) is 0.681. The number of hydrogen-bond acceptors (Lipinski definition) is 1. The van der Waals surface area contributed by atoms with E-state index in [1.165, 1.54) is 27.9 Å². The number of rotatable bonds is 4. The van der Waals surface area contributed by atoms with E-state index >= 15 is 0 Å². The van der Waals surface area contributed by atoms with Crippen molar-refractivity contribution in [2.75, 3.05) is 0 Å². The van der Waals surface area contributed by atoms with Crippen LogP contribution >= 0.6 is 0 Å². The van der Waals surface area contributed by atoms with Crippen molar-refractivity contribution in [1.29, 1.82) is 0 Å². The molecule has 0 radical (unpaired) electrons. The minimum atomic E-state index is 0.339. The Balaban J connectivity index is 1.93. The van der Waals surface area contributed by atoms with Crippen LogP contribution in [0.1, 0.15) is 40.8 Å². The number of nitrogens with zero attached hydrogens (tertiary/aromatic N) is 2. The van der Waals surface area contributed by atoms with E-state index in [2.05, 4.69) is 78.9 Å². The van der Waals surface area contributed by atoms with Crippen LogP contribution in [0, 0.1) is 13.8 Å². The van der Waals surface area contributed by atoms with Gasteiger partial charge in [-0.2, -0.15) is 0 Å². The first-order valence-corrected chi connectivity index (χ1v) is 7.77. The molecular formula is C20H22N2. The molecule has 0 aliphatic carbocycles. The van der Waals surface area contributed by atoms with E-state index in [9.17, 15) is 0 Å². The normalized spacial score (nSPS) is 12.3. The highest BCUT2D eigenvalue weighted by Gasteiger charge is 2.16. The van der Waals surface area contributed by atoms with Gasteiger partial charge in [0.05, 0.1) is 6.33 Å². The maximum Gasteiger partial charge on any atom is 0.0951 e. The van der Waals surface area contributed by atoms with Crippen molar-refractivity contribution in [2.24, 2.45) is 0 Å². The predicted octanol–water partition coefficient (Wildman–Crippen LogP) is 4.70. The highest BCUT2D eigenvalue weighted by atomic mass is 15.0. The number of aryl methyl sites for hydroxylation is 1. The molecule has 0 fully saturated rings. The first kappa shape index (κ1) is 14.6. The molecule has 3 rings (SSSR count). The van der Waals surface area contributed by atoms with Crippen molar-refractivity contribution in [3.05, 3.63) is 89.0 Å². The zero-order chi connectivity index (χ0) is 15.5. The zero-order valence-corrected chi connectivity index (χ0v) is 13.5. The van der Waals surface area contributed by atoms with E-state index in [0.717, 1.165) is 6.54 Å². The van der Waals surface area contributed by atoms with Crippen LogP contribution in [0.15, 0.2) is 61.1 Å². The highest BCUT2D eigenvalue weighted by molar-refractivity contribution is 5.39. The monoisotopic (exact) mass is 290 g/mol. The molecule has 2 heteroatoms. The largest absolute Gasteiger partial charge is 0.330 e. The predicted molar refractivity (Wildman–Crippen MR) is 91.2 cm³/mol. The van der Waals surface area contributed by atoms with Gasteiger partial charge in [0.1, 0.15) is 0 Å². The van der Waals surface area contributed by atoms with Gasteiger partial charge in [0.2, 0.25) is 0 Å². The lowest BCUT2D eigenvalue weighted by molar-refractivity contribution is 0.707. The van der Waals surface area contributed by atoms with Crippen molar-refractivity contribution in [1.82, 2.24) is 9.55 Å². The lowest BCUT2D eigenvalue weighted by atomic mass is 9.91. The molecule has 0 saturated heterocycles. The lowest BCUT2D eigenvalue weighted by Gasteiger charge is -2.18. The minimum Gasteiger partial charge on any atom is -0.330 e. The number of aromatic nitrogens is 2. The van der Waals surface area contributed by atoms with Gasteiger partial charge >= 0.3 is 0 Å². The zero-order valence-electron chi connectivity index (χ0n) is 13.5. The summed E-state index contributed by atoms with van der Waals surface area (Å²) in [4.78, 5) is 4.38. The Morgan fingerprint density at radius 1 is 1.00 bits per heavy atom. The summed E-state index contributed by atoms with van der Waals surface area (Å²) in [6, 6.07) is 17.1. The Morgan fingerprint density at radius 3 is 2.55 bits per heavy atom. The van der Waals surface area contributed by atoms with Crippen LogP contribution in [0.3, 0.4) is 0 Å². The van der Waals surface area contributed by atoms with Crippen LogP contribution < -0.4 is 0 Å². The van der Waals surface area contributed by atoms with Crippen LogP contribution in [0.5, 0.6) is 0 Å². The van der Waals surface area contributed by atoms with Gasteiger partial charge in [-0.1, -0.05) is 55.5 Å². The van der Waals surface area contributed by atoms with Crippen molar-refractivity contribution in [3.8, 4) is 0 Å². The summed E-state index contributed by atoms with van der Waals surface area (Å²) in [6.45, 7) is 7.51. The van der Waals surface area contributed by atoms with E-state index < -0.39 is 0 Å². The van der Waals surface area contributed by atoms with Crippen LogP contribution in [0.2, 0.25) is 0 Å². The maximum absolute atomic E-state index is 4.38. The summed E-state index contributed by atoms with van der Waals surface area (Å²) in [5.74, 6) is 0.339. The van der Waals surface area contributed by atoms with Gasteiger partial charge in [0.15, 0.2) is 0 Å². The Morgan fingerprint density at radius 2 is 1.77 bits per heavy atom. The first-order chi connectivity index (χ1) is 10.7. The molecule has 0 bridgehead atoms. The molecule has 3 aromatic rings.